The van der Waals surface area contributed by atoms with Crippen LogP contribution in [0.2, 0.25) is 0 Å². The summed E-state index contributed by atoms with van der Waals surface area (Å²) in [6.07, 6.45) is 0.644. The average Bonchev–Trinajstić information content (AvgIpc) is 2.89. The quantitative estimate of drug-likeness (QED) is 0.809. The summed E-state index contributed by atoms with van der Waals surface area (Å²) in [6.45, 7) is 1.62. The van der Waals surface area contributed by atoms with Crippen molar-refractivity contribution in [2.75, 3.05) is 27.2 Å². The Morgan fingerprint density at radius 3 is 2.36 bits per heavy atom. The Balaban J connectivity index is 1.70. The van der Waals surface area contributed by atoms with Gasteiger partial charge in [-0.3, -0.25) is 9.69 Å². The van der Waals surface area contributed by atoms with Crippen molar-refractivity contribution in [3.8, 4) is 0 Å². The first-order valence-corrected chi connectivity index (χ1v) is 8.40. The van der Waals surface area contributed by atoms with Crippen molar-refractivity contribution in [3.63, 3.8) is 0 Å². The predicted molar refractivity (Wildman–Crippen MR) is 94.3 cm³/mol. The molecule has 2 aromatic rings. The molecule has 0 aliphatic carbocycles. The van der Waals surface area contributed by atoms with E-state index in [0.717, 1.165) is 17.5 Å². The molecule has 1 fully saturated rings. The smallest absolute Gasteiger partial charge is 0.238 e. The number of hydrogen-bond donors (Lipinski definition) is 0. The highest BCUT2D eigenvalue weighted by molar-refractivity contribution is 5.81. The lowest BCUT2D eigenvalue weighted by atomic mass is 10.1. The third-order valence-electron chi connectivity index (χ3n) is 4.56. The molecule has 25 heavy (non-hydrogen) atoms. The van der Waals surface area contributed by atoms with Crippen molar-refractivity contribution in [3.05, 3.63) is 71.0 Å². The maximum Gasteiger partial charge on any atom is 0.238 e. The van der Waals surface area contributed by atoms with Gasteiger partial charge in [-0.25, -0.2) is 4.39 Å². The predicted octanol–water partition coefficient (Wildman–Crippen LogP) is 2.99. The molecule has 1 heterocycles. The van der Waals surface area contributed by atoms with Crippen LogP contribution in [-0.2, 0) is 22.6 Å². The summed E-state index contributed by atoms with van der Waals surface area (Å²) in [5.74, 6) is -0.161. The number of ether oxygens (including phenoxy) is 1. The lowest BCUT2D eigenvalue weighted by molar-refractivity contribution is -0.128. The van der Waals surface area contributed by atoms with Crippen LogP contribution in [0.1, 0.15) is 22.9 Å². The van der Waals surface area contributed by atoms with Gasteiger partial charge in [-0.15, -0.1) is 0 Å². The van der Waals surface area contributed by atoms with Crippen molar-refractivity contribution >= 4 is 5.91 Å². The molecule has 1 aliphatic rings. The molecule has 1 aliphatic heterocycles. The fourth-order valence-corrected chi connectivity index (χ4v) is 3.30. The van der Waals surface area contributed by atoms with Crippen LogP contribution in [0.3, 0.4) is 0 Å². The van der Waals surface area contributed by atoms with Crippen LogP contribution in [0.15, 0.2) is 48.5 Å². The van der Waals surface area contributed by atoms with Gasteiger partial charge in [0.2, 0.25) is 5.91 Å². The number of methoxy groups -OCH3 is 1. The maximum atomic E-state index is 13.2. The number of carbonyl (C=O) groups excluding carboxylic acids is 1. The molecule has 0 aromatic heterocycles. The minimum Gasteiger partial charge on any atom is -0.380 e. The van der Waals surface area contributed by atoms with E-state index in [1.807, 2.05) is 29.0 Å². The van der Waals surface area contributed by atoms with E-state index in [0.29, 0.717) is 19.7 Å². The van der Waals surface area contributed by atoms with Gasteiger partial charge in [-0.05, 0) is 42.3 Å². The minimum absolute atomic E-state index is 0.104. The summed E-state index contributed by atoms with van der Waals surface area (Å²) in [5, 5.41) is 0. The molecule has 0 radical (unpaired) electrons. The largest absolute Gasteiger partial charge is 0.380 e. The molecule has 4 nitrogen and oxygen atoms in total. The number of benzene rings is 2. The second-order valence-corrected chi connectivity index (χ2v) is 6.43. The Bertz CT molecular complexity index is 715. The number of carbonyl (C=O) groups is 1. The Morgan fingerprint density at radius 2 is 1.72 bits per heavy atom. The van der Waals surface area contributed by atoms with E-state index < -0.39 is 0 Å². The molecule has 5 heteroatoms. The summed E-state index contributed by atoms with van der Waals surface area (Å²) in [6, 6.07) is 14.6. The van der Waals surface area contributed by atoms with Crippen LogP contribution >= 0.6 is 0 Å². The Labute approximate surface area is 147 Å². The summed E-state index contributed by atoms with van der Waals surface area (Å²) in [5.41, 5.74) is 3.25. The minimum atomic E-state index is -0.265. The molecule has 0 spiro atoms. The molecule has 0 saturated carbocycles. The summed E-state index contributed by atoms with van der Waals surface area (Å²) in [4.78, 5) is 16.3. The normalized spacial score (nSPS) is 18.1. The molecule has 1 saturated heterocycles. The molecule has 3 rings (SSSR count). The van der Waals surface area contributed by atoms with Gasteiger partial charge in [0, 0.05) is 13.7 Å². The van der Waals surface area contributed by atoms with Gasteiger partial charge < -0.3 is 9.64 Å². The van der Waals surface area contributed by atoms with Crippen LogP contribution < -0.4 is 0 Å². The van der Waals surface area contributed by atoms with E-state index in [-0.39, 0.29) is 17.9 Å². The van der Waals surface area contributed by atoms with Crippen LogP contribution in [0.5, 0.6) is 0 Å². The average molecular weight is 342 g/mol. The number of nitrogens with zero attached hydrogens (tertiary/aromatic N) is 2. The SMILES string of the molecule is COCc1ccc(CCN2C(=O)CN(C)C2c2ccc(F)cc2)cc1. The molecule has 1 amide bonds. The van der Waals surface area contributed by atoms with Crippen LogP contribution in [0.4, 0.5) is 4.39 Å². The molecule has 2 aromatic carbocycles. The zero-order valence-electron chi connectivity index (χ0n) is 14.6. The summed E-state index contributed by atoms with van der Waals surface area (Å²) in [7, 11) is 3.60. The third-order valence-corrected chi connectivity index (χ3v) is 4.56. The number of likely N-dealkylation sites (N-methyl/N-ethyl adjacent to an activating group) is 1. The fraction of sp³-hybridized carbons (Fsp3) is 0.350. The van der Waals surface area contributed by atoms with Crippen molar-refractivity contribution in [1.29, 1.82) is 0 Å². The third kappa shape index (κ3) is 4.06. The lowest BCUT2D eigenvalue weighted by Crippen LogP contribution is -2.32. The first-order chi connectivity index (χ1) is 12.1. The molecule has 132 valence electrons. The lowest BCUT2D eigenvalue weighted by Gasteiger charge is -2.28. The highest BCUT2D eigenvalue weighted by Gasteiger charge is 2.36. The van der Waals surface area contributed by atoms with Gasteiger partial charge in [-0.2, -0.15) is 0 Å². The van der Waals surface area contributed by atoms with E-state index in [2.05, 4.69) is 12.1 Å². The van der Waals surface area contributed by atoms with E-state index in [1.54, 1.807) is 19.2 Å². The Kier molecular flexibility index (Phi) is 5.46. The zero-order chi connectivity index (χ0) is 17.8. The first-order valence-electron chi connectivity index (χ1n) is 8.40. The van der Waals surface area contributed by atoms with Gasteiger partial charge in [-0.1, -0.05) is 36.4 Å². The van der Waals surface area contributed by atoms with Gasteiger partial charge in [0.25, 0.3) is 0 Å². The highest BCUT2D eigenvalue weighted by Crippen LogP contribution is 2.29. The van der Waals surface area contributed by atoms with Crippen molar-refractivity contribution < 1.29 is 13.9 Å². The van der Waals surface area contributed by atoms with Gasteiger partial charge in [0.1, 0.15) is 12.0 Å². The maximum absolute atomic E-state index is 13.2. The summed E-state index contributed by atoms with van der Waals surface area (Å²) < 4.78 is 18.3. The Hall–Kier alpha value is -2.24. The number of amides is 1. The Morgan fingerprint density at radius 1 is 1.08 bits per heavy atom. The van der Waals surface area contributed by atoms with E-state index in [9.17, 15) is 9.18 Å². The first kappa shape index (κ1) is 17.6. The van der Waals surface area contributed by atoms with Gasteiger partial charge in [0.05, 0.1) is 13.2 Å². The molecule has 1 atom stereocenters. The van der Waals surface area contributed by atoms with Crippen LogP contribution in [0, 0.1) is 5.82 Å². The molecule has 1 unspecified atom stereocenters. The van der Waals surface area contributed by atoms with E-state index in [1.165, 1.54) is 17.7 Å². The zero-order valence-corrected chi connectivity index (χ0v) is 14.6. The number of hydrogen-bond acceptors (Lipinski definition) is 3. The number of halogens is 1. The van der Waals surface area contributed by atoms with Crippen molar-refractivity contribution in [2.24, 2.45) is 0 Å². The second-order valence-electron chi connectivity index (χ2n) is 6.43. The second kappa shape index (κ2) is 7.76. The van der Waals surface area contributed by atoms with Crippen molar-refractivity contribution in [1.82, 2.24) is 9.80 Å². The van der Waals surface area contributed by atoms with Gasteiger partial charge in [0.15, 0.2) is 0 Å². The number of rotatable bonds is 6. The highest BCUT2D eigenvalue weighted by atomic mass is 19.1. The van der Waals surface area contributed by atoms with E-state index in [4.69, 9.17) is 4.74 Å². The van der Waals surface area contributed by atoms with E-state index >= 15 is 0 Å². The molecular weight excluding hydrogens is 319 g/mol. The standard InChI is InChI=1S/C20H23FN2O2/c1-22-13-19(24)23(20(22)17-7-9-18(21)10-8-17)12-11-15-3-5-16(6-4-15)14-25-2/h3-10,20H,11-14H2,1-2H3. The fourth-order valence-electron chi connectivity index (χ4n) is 3.30. The molecule has 0 N–H and O–H groups in total. The monoisotopic (exact) mass is 342 g/mol. The summed E-state index contributed by atoms with van der Waals surface area (Å²) >= 11 is 0. The van der Waals surface area contributed by atoms with Gasteiger partial charge >= 0.3 is 0 Å². The molecule has 0 bridgehead atoms. The van der Waals surface area contributed by atoms with Crippen LogP contribution in [-0.4, -0.2) is 43.0 Å². The topological polar surface area (TPSA) is 32.8 Å². The van der Waals surface area contributed by atoms with Crippen molar-refractivity contribution in [2.45, 2.75) is 19.2 Å². The molecular formula is C20H23FN2O2. The van der Waals surface area contributed by atoms with Crippen LogP contribution in [0.25, 0.3) is 0 Å².